The van der Waals surface area contributed by atoms with Gasteiger partial charge in [0.2, 0.25) is 5.95 Å². The number of hydrogen-bond donors (Lipinski definition) is 1. The molecule has 4 nitrogen and oxygen atoms in total. The van der Waals surface area contributed by atoms with Gasteiger partial charge in [-0.25, -0.2) is 9.97 Å². The Hall–Kier alpha value is -1.16. The minimum absolute atomic E-state index is 0.00360. The molecule has 0 unspecified atom stereocenters. The van der Waals surface area contributed by atoms with Gasteiger partial charge in [0.1, 0.15) is 0 Å². The molecule has 0 saturated heterocycles. The Kier molecular flexibility index (Phi) is 6.05. The van der Waals surface area contributed by atoms with Crippen molar-refractivity contribution >= 4 is 5.95 Å². The molecule has 0 spiro atoms. The molecule has 0 saturated carbocycles. The van der Waals surface area contributed by atoms with Gasteiger partial charge in [-0.1, -0.05) is 19.8 Å². The molecule has 102 valence electrons. The zero-order valence-corrected chi connectivity index (χ0v) is 12.0. The van der Waals surface area contributed by atoms with E-state index in [0.717, 1.165) is 23.8 Å². The molecule has 0 aliphatic heterocycles. The van der Waals surface area contributed by atoms with E-state index in [-0.39, 0.29) is 6.61 Å². The van der Waals surface area contributed by atoms with E-state index in [1.165, 1.54) is 19.3 Å². The average Bonchev–Trinajstić information content (AvgIpc) is 2.34. The number of rotatable bonds is 7. The fourth-order valence-corrected chi connectivity index (χ4v) is 1.89. The second-order valence-corrected chi connectivity index (χ2v) is 4.93. The predicted molar refractivity (Wildman–Crippen MR) is 74.7 cm³/mol. The molecular weight excluding hydrogens is 226 g/mol. The lowest BCUT2D eigenvalue weighted by molar-refractivity contribution is 0.280. The lowest BCUT2D eigenvalue weighted by atomic mass is 10.2. The molecule has 0 bridgehead atoms. The van der Waals surface area contributed by atoms with E-state index >= 15 is 0 Å². The summed E-state index contributed by atoms with van der Waals surface area (Å²) in [5, 5.41) is 9.14. The van der Waals surface area contributed by atoms with Crippen LogP contribution in [0.4, 0.5) is 5.95 Å². The fourth-order valence-electron chi connectivity index (χ4n) is 1.89. The molecule has 0 amide bonds. The summed E-state index contributed by atoms with van der Waals surface area (Å²) in [5.74, 6) is 0.774. The van der Waals surface area contributed by atoms with Gasteiger partial charge in [0, 0.05) is 30.0 Å². The Morgan fingerprint density at radius 3 is 2.56 bits per heavy atom. The molecular formula is C14H25N3O. The summed E-state index contributed by atoms with van der Waals surface area (Å²) < 4.78 is 0. The monoisotopic (exact) mass is 251 g/mol. The number of hydrogen-bond acceptors (Lipinski definition) is 4. The van der Waals surface area contributed by atoms with Crippen molar-refractivity contribution in [2.45, 2.75) is 59.6 Å². The first kappa shape index (κ1) is 14.9. The summed E-state index contributed by atoms with van der Waals surface area (Å²) in [6, 6.07) is 0.390. The second-order valence-electron chi connectivity index (χ2n) is 4.93. The van der Waals surface area contributed by atoms with Gasteiger partial charge in [0.05, 0.1) is 6.61 Å². The third-order valence-corrected chi connectivity index (χ3v) is 3.12. The maximum absolute atomic E-state index is 9.14. The van der Waals surface area contributed by atoms with Crippen LogP contribution in [0.15, 0.2) is 6.20 Å². The molecule has 0 aliphatic rings. The number of unbranched alkanes of at least 4 members (excludes halogenated alkanes) is 2. The Bertz CT molecular complexity index is 366. The molecule has 0 aromatic carbocycles. The molecule has 1 aromatic heterocycles. The van der Waals surface area contributed by atoms with Crippen LogP contribution in [0, 0.1) is 6.92 Å². The van der Waals surface area contributed by atoms with Gasteiger partial charge in [0.15, 0.2) is 0 Å². The first-order valence-electron chi connectivity index (χ1n) is 6.80. The summed E-state index contributed by atoms with van der Waals surface area (Å²) in [6.45, 7) is 9.43. The number of aliphatic hydroxyl groups excluding tert-OH is 1. The number of aromatic nitrogens is 2. The van der Waals surface area contributed by atoms with Crippen molar-refractivity contribution in [3.8, 4) is 0 Å². The molecule has 0 aliphatic carbocycles. The standard InChI is InChI=1S/C14H25N3O/c1-5-6-7-8-17(11(2)3)14-15-9-13(10-18)12(4)16-14/h9,11,18H,5-8,10H2,1-4H3. The Morgan fingerprint density at radius 2 is 2.06 bits per heavy atom. The third-order valence-electron chi connectivity index (χ3n) is 3.12. The molecule has 0 fully saturated rings. The van der Waals surface area contributed by atoms with Crippen LogP contribution < -0.4 is 4.90 Å². The van der Waals surface area contributed by atoms with Crippen LogP contribution in [-0.2, 0) is 6.61 Å². The largest absolute Gasteiger partial charge is 0.392 e. The quantitative estimate of drug-likeness (QED) is 0.757. The van der Waals surface area contributed by atoms with Crippen molar-refractivity contribution in [1.82, 2.24) is 9.97 Å². The zero-order chi connectivity index (χ0) is 13.5. The highest BCUT2D eigenvalue weighted by atomic mass is 16.3. The summed E-state index contributed by atoms with van der Waals surface area (Å²) >= 11 is 0. The zero-order valence-electron chi connectivity index (χ0n) is 12.0. The number of aryl methyl sites for hydroxylation is 1. The highest BCUT2D eigenvalue weighted by molar-refractivity contribution is 5.33. The van der Waals surface area contributed by atoms with Crippen molar-refractivity contribution < 1.29 is 5.11 Å². The van der Waals surface area contributed by atoms with Crippen LogP contribution in [0.1, 0.15) is 51.3 Å². The lowest BCUT2D eigenvalue weighted by Gasteiger charge is -2.27. The van der Waals surface area contributed by atoms with Gasteiger partial charge in [0.25, 0.3) is 0 Å². The second kappa shape index (κ2) is 7.31. The van der Waals surface area contributed by atoms with Crippen molar-refractivity contribution in [2.75, 3.05) is 11.4 Å². The van der Waals surface area contributed by atoms with E-state index in [1.54, 1.807) is 6.20 Å². The van der Waals surface area contributed by atoms with Gasteiger partial charge in [-0.3, -0.25) is 0 Å². The number of nitrogens with zero attached hydrogens (tertiary/aromatic N) is 3. The normalized spacial score (nSPS) is 11.0. The van der Waals surface area contributed by atoms with Crippen LogP contribution in [-0.4, -0.2) is 27.7 Å². The van der Waals surface area contributed by atoms with Gasteiger partial charge < -0.3 is 10.0 Å². The fraction of sp³-hybridized carbons (Fsp3) is 0.714. The lowest BCUT2D eigenvalue weighted by Crippen LogP contribution is -2.33. The summed E-state index contributed by atoms with van der Waals surface area (Å²) in [5.41, 5.74) is 1.67. The van der Waals surface area contributed by atoms with E-state index in [0.29, 0.717) is 6.04 Å². The van der Waals surface area contributed by atoms with Crippen molar-refractivity contribution in [2.24, 2.45) is 0 Å². The topological polar surface area (TPSA) is 49.2 Å². The maximum Gasteiger partial charge on any atom is 0.225 e. The first-order chi connectivity index (χ1) is 8.60. The van der Waals surface area contributed by atoms with Crippen LogP contribution in [0.2, 0.25) is 0 Å². The highest BCUT2D eigenvalue weighted by Gasteiger charge is 2.14. The van der Waals surface area contributed by atoms with E-state index in [1.807, 2.05) is 6.92 Å². The van der Waals surface area contributed by atoms with Crippen molar-refractivity contribution in [3.63, 3.8) is 0 Å². The summed E-state index contributed by atoms with van der Waals surface area (Å²) in [6.07, 6.45) is 5.35. The molecule has 1 heterocycles. The van der Waals surface area contributed by atoms with Gasteiger partial charge >= 0.3 is 0 Å². The van der Waals surface area contributed by atoms with Crippen molar-refractivity contribution in [1.29, 1.82) is 0 Å². The Balaban J connectivity index is 2.82. The minimum Gasteiger partial charge on any atom is -0.392 e. The average molecular weight is 251 g/mol. The molecule has 1 N–H and O–H groups in total. The summed E-state index contributed by atoms with van der Waals surface area (Å²) in [7, 11) is 0. The van der Waals surface area contributed by atoms with Crippen LogP contribution >= 0.6 is 0 Å². The van der Waals surface area contributed by atoms with Gasteiger partial charge in [-0.15, -0.1) is 0 Å². The molecule has 1 rings (SSSR count). The van der Waals surface area contributed by atoms with Crippen molar-refractivity contribution in [3.05, 3.63) is 17.5 Å². The first-order valence-corrected chi connectivity index (χ1v) is 6.80. The van der Waals surface area contributed by atoms with E-state index in [9.17, 15) is 0 Å². The van der Waals surface area contributed by atoms with E-state index in [2.05, 4.69) is 35.6 Å². The van der Waals surface area contributed by atoms with Crippen LogP contribution in [0.25, 0.3) is 0 Å². The van der Waals surface area contributed by atoms with Crippen LogP contribution in [0.5, 0.6) is 0 Å². The third kappa shape index (κ3) is 3.95. The van der Waals surface area contributed by atoms with E-state index in [4.69, 9.17) is 5.11 Å². The highest BCUT2D eigenvalue weighted by Crippen LogP contribution is 2.15. The summed E-state index contributed by atoms with van der Waals surface area (Å²) in [4.78, 5) is 11.1. The van der Waals surface area contributed by atoms with Gasteiger partial charge in [-0.2, -0.15) is 0 Å². The SMILES string of the molecule is CCCCCN(c1ncc(CO)c(C)n1)C(C)C. The smallest absolute Gasteiger partial charge is 0.225 e. The molecule has 18 heavy (non-hydrogen) atoms. The Labute approximate surface area is 110 Å². The number of aliphatic hydroxyl groups is 1. The molecule has 1 aromatic rings. The predicted octanol–water partition coefficient (Wildman–Crippen LogP) is 2.68. The molecule has 0 atom stereocenters. The molecule has 0 radical (unpaired) electrons. The van der Waals surface area contributed by atoms with E-state index < -0.39 is 0 Å². The molecule has 4 heteroatoms. The Morgan fingerprint density at radius 1 is 1.33 bits per heavy atom. The number of anilines is 1. The van der Waals surface area contributed by atoms with Gasteiger partial charge in [-0.05, 0) is 27.2 Å². The maximum atomic E-state index is 9.14. The van der Waals surface area contributed by atoms with Crippen LogP contribution in [0.3, 0.4) is 0 Å². The minimum atomic E-state index is 0.00360.